The molecule has 0 radical (unpaired) electrons. The third-order valence-electron chi connectivity index (χ3n) is 6.19. The van der Waals surface area contributed by atoms with Crippen LogP contribution in [-0.2, 0) is 32.1 Å². The van der Waals surface area contributed by atoms with E-state index in [1.807, 2.05) is 65.6 Å². The van der Waals surface area contributed by atoms with Crippen molar-refractivity contribution in [2.75, 3.05) is 13.1 Å². The Kier molecular flexibility index (Phi) is 4.47. The third kappa shape index (κ3) is 3.15. The van der Waals surface area contributed by atoms with Gasteiger partial charge in [0.1, 0.15) is 18.1 Å². The number of benzene rings is 2. The molecule has 2 saturated heterocycles. The number of nitrogens with zero attached hydrogens (tertiary/aromatic N) is 1. The summed E-state index contributed by atoms with van der Waals surface area (Å²) >= 11 is 0. The molecule has 1 amide bonds. The monoisotopic (exact) mass is 389 g/mol. The van der Waals surface area contributed by atoms with E-state index in [9.17, 15) is 9.59 Å². The zero-order valence-corrected chi connectivity index (χ0v) is 16.1. The Morgan fingerprint density at radius 2 is 1.76 bits per heavy atom. The number of amides is 1. The fourth-order valence-corrected chi connectivity index (χ4v) is 4.77. The molecule has 5 nitrogen and oxygen atoms in total. The van der Waals surface area contributed by atoms with Crippen molar-refractivity contribution in [3.63, 3.8) is 0 Å². The first-order valence-electron chi connectivity index (χ1n) is 10.1. The Hall–Kier alpha value is -2.92. The number of likely N-dealkylation sites (tertiary alicyclic amines) is 1. The molecule has 0 aliphatic carbocycles. The Bertz CT molecular complexity index is 942. The molecule has 4 atom stereocenters. The minimum Gasteiger partial charge on any atom is -0.460 e. The summed E-state index contributed by atoms with van der Waals surface area (Å²) in [6.45, 7) is 1.33. The molecule has 3 aliphatic rings. The Morgan fingerprint density at radius 3 is 2.48 bits per heavy atom. The minimum atomic E-state index is -0.686. The van der Waals surface area contributed by atoms with Crippen molar-refractivity contribution in [1.82, 2.24) is 4.90 Å². The van der Waals surface area contributed by atoms with Crippen LogP contribution in [0.3, 0.4) is 0 Å². The Labute approximate surface area is 169 Å². The topological polar surface area (TPSA) is 55.8 Å². The van der Waals surface area contributed by atoms with Crippen molar-refractivity contribution in [2.24, 2.45) is 11.8 Å². The number of fused-ring (bicyclic) bond motifs is 1. The van der Waals surface area contributed by atoms with E-state index in [1.54, 1.807) is 0 Å². The number of hydrogen-bond acceptors (Lipinski definition) is 4. The molecule has 0 unspecified atom stereocenters. The predicted molar refractivity (Wildman–Crippen MR) is 107 cm³/mol. The normalized spacial score (nSPS) is 29.3. The maximum Gasteiger partial charge on any atom is 0.313 e. The summed E-state index contributed by atoms with van der Waals surface area (Å²) in [6, 6.07) is 19.7. The van der Waals surface area contributed by atoms with Gasteiger partial charge in [0.15, 0.2) is 0 Å². The van der Waals surface area contributed by atoms with Crippen LogP contribution < -0.4 is 0 Å². The van der Waals surface area contributed by atoms with Gasteiger partial charge in [0, 0.05) is 6.54 Å². The van der Waals surface area contributed by atoms with E-state index in [0.717, 1.165) is 12.0 Å². The van der Waals surface area contributed by atoms with Gasteiger partial charge in [0.2, 0.25) is 5.91 Å². The van der Waals surface area contributed by atoms with Crippen LogP contribution in [-0.4, -0.2) is 41.6 Å². The highest BCUT2D eigenvalue weighted by molar-refractivity contribution is 5.91. The third-order valence-corrected chi connectivity index (χ3v) is 6.19. The molecule has 0 aromatic heterocycles. The highest BCUT2D eigenvalue weighted by Crippen LogP contribution is 2.52. The smallest absolute Gasteiger partial charge is 0.313 e. The molecular formula is C24H23NO4. The first-order chi connectivity index (χ1) is 14.2. The van der Waals surface area contributed by atoms with Gasteiger partial charge >= 0.3 is 5.97 Å². The molecule has 3 heterocycles. The number of ether oxygens (including phenoxy) is 2. The average molecular weight is 389 g/mol. The number of esters is 1. The second kappa shape index (κ2) is 7.16. The molecule has 1 spiro atoms. The summed E-state index contributed by atoms with van der Waals surface area (Å²) in [5, 5.41) is 0. The van der Waals surface area contributed by atoms with Gasteiger partial charge in [-0.15, -0.1) is 0 Å². The van der Waals surface area contributed by atoms with Crippen molar-refractivity contribution in [1.29, 1.82) is 0 Å². The summed E-state index contributed by atoms with van der Waals surface area (Å²) in [4.78, 5) is 27.9. The maximum absolute atomic E-state index is 13.2. The lowest BCUT2D eigenvalue weighted by Crippen LogP contribution is -2.40. The molecule has 2 aromatic rings. The second-order valence-electron chi connectivity index (χ2n) is 7.99. The molecule has 3 aliphatic heterocycles. The van der Waals surface area contributed by atoms with Crippen molar-refractivity contribution in [3.8, 4) is 0 Å². The van der Waals surface area contributed by atoms with E-state index in [-0.39, 0.29) is 24.6 Å². The highest BCUT2D eigenvalue weighted by atomic mass is 16.6. The first-order valence-corrected chi connectivity index (χ1v) is 10.1. The van der Waals surface area contributed by atoms with Gasteiger partial charge in [-0.2, -0.15) is 0 Å². The largest absolute Gasteiger partial charge is 0.460 e. The van der Waals surface area contributed by atoms with E-state index in [2.05, 4.69) is 12.1 Å². The molecule has 2 bridgehead atoms. The standard InChI is InChI=1S/C24H23NO4/c26-22-21-20(23(27)28-15-18-9-5-2-6-10-18)19-11-13-24(21,29-19)16-25(22)14-12-17-7-3-1-4-8-17/h1-11,13,19-21H,12,14-16H2/t19-,20+,21-,24+/m0/s1. The van der Waals surface area contributed by atoms with Crippen LogP contribution in [0.4, 0.5) is 0 Å². The summed E-state index contributed by atoms with van der Waals surface area (Å²) in [5.74, 6) is -1.42. The van der Waals surface area contributed by atoms with Crippen molar-refractivity contribution >= 4 is 11.9 Å². The van der Waals surface area contributed by atoms with Gasteiger partial charge in [-0.05, 0) is 17.5 Å². The Balaban J connectivity index is 1.28. The van der Waals surface area contributed by atoms with Crippen molar-refractivity contribution < 1.29 is 19.1 Å². The number of carbonyl (C=O) groups excluding carboxylic acids is 2. The van der Waals surface area contributed by atoms with Gasteiger partial charge in [0.25, 0.3) is 0 Å². The van der Waals surface area contributed by atoms with E-state index in [0.29, 0.717) is 13.1 Å². The molecule has 148 valence electrons. The van der Waals surface area contributed by atoms with Gasteiger partial charge < -0.3 is 14.4 Å². The quantitative estimate of drug-likeness (QED) is 0.563. The predicted octanol–water partition coefficient (Wildman–Crippen LogP) is 2.75. The molecule has 29 heavy (non-hydrogen) atoms. The first kappa shape index (κ1) is 18.1. The zero-order chi connectivity index (χ0) is 19.8. The van der Waals surface area contributed by atoms with E-state index < -0.39 is 17.4 Å². The Morgan fingerprint density at radius 1 is 1.07 bits per heavy atom. The fourth-order valence-electron chi connectivity index (χ4n) is 4.77. The van der Waals surface area contributed by atoms with Gasteiger partial charge in [-0.25, -0.2) is 0 Å². The molecular weight excluding hydrogens is 366 g/mol. The molecule has 0 N–H and O–H groups in total. The van der Waals surface area contributed by atoms with Crippen LogP contribution in [0.1, 0.15) is 11.1 Å². The van der Waals surface area contributed by atoms with Crippen LogP contribution in [0.25, 0.3) is 0 Å². The summed E-state index contributed by atoms with van der Waals surface area (Å²) < 4.78 is 11.7. The molecule has 2 fully saturated rings. The minimum absolute atomic E-state index is 0.00515. The van der Waals surface area contributed by atoms with Crippen LogP contribution in [0.5, 0.6) is 0 Å². The summed E-state index contributed by atoms with van der Waals surface area (Å²) in [5.41, 5.74) is 1.43. The van der Waals surface area contributed by atoms with Crippen LogP contribution in [0, 0.1) is 11.8 Å². The SMILES string of the molecule is O=C(OCc1ccccc1)[C@@H]1[C@@H]2C=C[C@]3(CN(CCc4ccccc4)C(=O)[C@H]13)O2. The second-order valence-corrected chi connectivity index (χ2v) is 7.99. The van der Waals surface area contributed by atoms with Gasteiger partial charge in [-0.1, -0.05) is 72.8 Å². The van der Waals surface area contributed by atoms with E-state index in [4.69, 9.17) is 9.47 Å². The summed E-state index contributed by atoms with van der Waals surface area (Å²) in [6.07, 6.45) is 4.30. The summed E-state index contributed by atoms with van der Waals surface area (Å²) in [7, 11) is 0. The lowest BCUT2D eigenvalue weighted by molar-refractivity contribution is -0.155. The lowest BCUT2D eigenvalue weighted by atomic mass is 9.77. The molecule has 0 saturated carbocycles. The molecule has 5 heteroatoms. The van der Waals surface area contributed by atoms with Crippen molar-refractivity contribution in [2.45, 2.75) is 24.7 Å². The van der Waals surface area contributed by atoms with Gasteiger partial charge in [-0.3, -0.25) is 9.59 Å². The lowest BCUT2D eigenvalue weighted by Gasteiger charge is -2.22. The number of hydrogen-bond donors (Lipinski definition) is 0. The molecule has 2 aromatic carbocycles. The fraction of sp³-hybridized carbons (Fsp3) is 0.333. The van der Waals surface area contributed by atoms with E-state index >= 15 is 0 Å². The van der Waals surface area contributed by atoms with Gasteiger partial charge in [0.05, 0.1) is 18.6 Å². The molecule has 5 rings (SSSR count). The van der Waals surface area contributed by atoms with Crippen molar-refractivity contribution in [3.05, 3.63) is 83.9 Å². The number of carbonyl (C=O) groups is 2. The maximum atomic E-state index is 13.2. The zero-order valence-electron chi connectivity index (χ0n) is 16.1. The number of rotatable bonds is 6. The van der Waals surface area contributed by atoms with Crippen LogP contribution >= 0.6 is 0 Å². The average Bonchev–Trinajstić information content (AvgIpc) is 3.40. The van der Waals surface area contributed by atoms with Crippen LogP contribution in [0.15, 0.2) is 72.8 Å². The highest BCUT2D eigenvalue weighted by Gasteiger charge is 2.67. The van der Waals surface area contributed by atoms with Crippen LogP contribution in [0.2, 0.25) is 0 Å². The van der Waals surface area contributed by atoms with E-state index in [1.165, 1.54) is 5.56 Å².